The SMILES string of the molecule is O=S(=O)(O)C(F)(F)F.S=C1CC=CC=C1c1ccccc1I. The van der Waals surface area contributed by atoms with Crippen molar-refractivity contribution < 1.29 is 26.1 Å². The van der Waals surface area contributed by atoms with Gasteiger partial charge in [-0.2, -0.15) is 21.6 Å². The van der Waals surface area contributed by atoms with Gasteiger partial charge in [0, 0.05) is 14.9 Å². The fourth-order valence-corrected chi connectivity index (χ4v) is 2.41. The number of hydrogen-bond acceptors (Lipinski definition) is 3. The Labute approximate surface area is 144 Å². The van der Waals surface area contributed by atoms with Gasteiger partial charge in [-0.3, -0.25) is 4.55 Å². The van der Waals surface area contributed by atoms with E-state index in [2.05, 4.69) is 59.0 Å². The second-order valence-electron chi connectivity index (χ2n) is 4.04. The number of alkyl halides is 3. The van der Waals surface area contributed by atoms with Crippen LogP contribution in [0.5, 0.6) is 0 Å². The second kappa shape index (κ2) is 7.66. The fourth-order valence-electron chi connectivity index (χ4n) is 1.46. The van der Waals surface area contributed by atoms with Gasteiger partial charge in [-0.15, -0.1) is 0 Å². The third-order valence-electron chi connectivity index (χ3n) is 2.46. The van der Waals surface area contributed by atoms with Gasteiger partial charge in [0.1, 0.15) is 0 Å². The topological polar surface area (TPSA) is 54.4 Å². The molecule has 0 aliphatic heterocycles. The summed E-state index contributed by atoms with van der Waals surface area (Å²) in [5.74, 6) is 0. The van der Waals surface area contributed by atoms with Crippen molar-refractivity contribution in [2.75, 3.05) is 0 Å². The maximum Gasteiger partial charge on any atom is 0.522 e. The first-order valence-electron chi connectivity index (χ1n) is 5.72. The lowest BCUT2D eigenvalue weighted by Crippen LogP contribution is -2.21. The fraction of sp³-hybridized carbons (Fsp3) is 0.154. The van der Waals surface area contributed by atoms with Gasteiger partial charge in [0.05, 0.1) is 0 Å². The van der Waals surface area contributed by atoms with Crippen LogP contribution in [-0.2, 0) is 10.1 Å². The molecule has 0 radical (unpaired) electrons. The van der Waals surface area contributed by atoms with E-state index < -0.39 is 15.6 Å². The molecule has 0 amide bonds. The van der Waals surface area contributed by atoms with Crippen molar-refractivity contribution in [3.63, 3.8) is 0 Å². The van der Waals surface area contributed by atoms with Crippen molar-refractivity contribution in [1.29, 1.82) is 0 Å². The van der Waals surface area contributed by atoms with Crippen molar-refractivity contribution >= 4 is 55.4 Å². The molecule has 22 heavy (non-hydrogen) atoms. The standard InChI is InChI=1S/C12H9IS.CHF3O3S/c13-11-7-3-1-5-9(11)10-6-2-4-8-12(10)14;2-1(3,4)8(5,6)7/h1-7H,8H2;(H,5,6,7). The summed E-state index contributed by atoms with van der Waals surface area (Å²) in [6.07, 6.45) is 7.17. The molecular weight excluding hydrogens is 452 g/mol. The molecule has 0 spiro atoms. The highest BCUT2D eigenvalue weighted by molar-refractivity contribution is 14.1. The second-order valence-corrected chi connectivity index (χ2v) is 7.10. The highest BCUT2D eigenvalue weighted by Crippen LogP contribution is 2.25. The molecule has 1 aliphatic rings. The van der Waals surface area contributed by atoms with Crippen LogP contribution in [0, 0.1) is 3.57 Å². The summed E-state index contributed by atoms with van der Waals surface area (Å²) in [6, 6.07) is 8.34. The monoisotopic (exact) mass is 462 g/mol. The van der Waals surface area contributed by atoms with E-state index in [0.717, 1.165) is 11.3 Å². The number of benzene rings is 1. The minimum atomic E-state index is -5.84. The maximum atomic E-state index is 10.7. The molecule has 0 heterocycles. The molecule has 2 rings (SSSR count). The van der Waals surface area contributed by atoms with Crippen LogP contribution in [0.3, 0.4) is 0 Å². The van der Waals surface area contributed by atoms with Crippen LogP contribution in [0.2, 0.25) is 0 Å². The number of rotatable bonds is 1. The smallest absolute Gasteiger partial charge is 0.279 e. The Morgan fingerprint density at radius 1 is 1.23 bits per heavy atom. The van der Waals surface area contributed by atoms with E-state index in [1.807, 2.05) is 6.07 Å². The average Bonchev–Trinajstić information content (AvgIpc) is 2.39. The summed E-state index contributed by atoms with van der Waals surface area (Å²) in [6.45, 7) is 0. The largest absolute Gasteiger partial charge is 0.522 e. The number of allylic oxidation sites excluding steroid dienone is 4. The Bertz CT molecular complexity index is 722. The van der Waals surface area contributed by atoms with Crippen LogP contribution in [0.1, 0.15) is 12.0 Å². The van der Waals surface area contributed by atoms with Crippen molar-refractivity contribution in [1.82, 2.24) is 0 Å². The lowest BCUT2D eigenvalue weighted by molar-refractivity contribution is -0.0510. The van der Waals surface area contributed by atoms with Crippen LogP contribution in [-0.4, -0.2) is 23.3 Å². The Kier molecular flexibility index (Phi) is 6.71. The Morgan fingerprint density at radius 2 is 1.77 bits per heavy atom. The van der Waals surface area contributed by atoms with Gasteiger partial charge in [-0.05, 0) is 39.8 Å². The first-order chi connectivity index (χ1) is 10.0. The average molecular weight is 462 g/mol. The first-order valence-corrected chi connectivity index (χ1v) is 8.65. The molecule has 0 saturated carbocycles. The lowest BCUT2D eigenvalue weighted by atomic mass is 9.97. The number of hydrogen-bond donors (Lipinski definition) is 1. The molecule has 0 unspecified atom stereocenters. The summed E-state index contributed by atoms with van der Waals surface area (Å²) in [7, 11) is -5.84. The van der Waals surface area contributed by atoms with Crippen molar-refractivity contribution in [3.8, 4) is 0 Å². The molecule has 1 aromatic carbocycles. The molecule has 120 valence electrons. The maximum absolute atomic E-state index is 10.7. The first kappa shape index (κ1) is 19.3. The van der Waals surface area contributed by atoms with Crippen molar-refractivity contribution in [2.24, 2.45) is 0 Å². The molecule has 0 bridgehead atoms. The van der Waals surface area contributed by atoms with E-state index in [-0.39, 0.29) is 0 Å². The van der Waals surface area contributed by atoms with Gasteiger partial charge in [0.2, 0.25) is 0 Å². The van der Waals surface area contributed by atoms with Crippen molar-refractivity contribution in [2.45, 2.75) is 11.9 Å². The summed E-state index contributed by atoms with van der Waals surface area (Å²) in [5, 5.41) is 0. The third-order valence-corrected chi connectivity index (χ3v) is 4.37. The predicted molar refractivity (Wildman–Crippen MR) is 91.1 cm³/mol. The molecule has 0 saturated heterocycles. The quantitative estimate of drug-likeness (QED) is 0.291. The lowest BCUT2D eigenvalue weighted by Gasteiger charge is -2.12. The molecule has 3 nitrogen and oxygen atoms in total. The van der Waals surface area contributed by atoms with Crippen LogP contribution in [0.4, 0.5) is 13.2 Å². The molecule has 0 aromatic heterocycles. The summed E-state index contributed by atoms with van der Waals surface area (Å²) in [4.78, 5) is 1.04. The van der Waals surface area contributed by atoms with Gasteiger partial charge >= 0.3 is 15.6 Å². The number of thiocarbonyl (C=S) groups is 1. The third kappa shape index (κ3) is 5.45. The highest BCUT2D eigenvalue weighted by atomic mass is 127. The van der Waals surface area contributed by atoms with Gasteiger partial charge in [0.15, 0.2) is 0 Å². The predicted octanol–water partition coefficient (Wildman–Crippen LogP) is 4.40. The van der Waals surface area contributed by atoms with Crippen LogP contribution < -0.4 is 0 Å². The molecule has 0 atom stereocenters. The van der Waals surface area contributed by atoms with E-state index in [0.29, 0.717) is 0 Å². The molecule has 1 aliphatic carbocycles. The zero-order valence-electron chi connectivity index (χ0n) is 10.8. The zero-order valence-corrected chi connectivity index (χ0v) is 14.6. The van der Waals surface area contributed by atoms with Gasteiger partial charge in [0.25, 0.3) is 0 Å². The van der Waals surface area contributed by atoms with Gasteiger partial charge in [-0.1, -0.05) is 48.6 Å². The number of halogens is 4. The van der Waals surface area contributed by atoms with E-state index in [1.54, 1.807) is 0 Å². The van der Waals surface area contributed by atoms with Crippen molar-refractivity contribution in [3.05, 3.63) is 51.6 Å². The van der Waals surface area contributed by atoms with Gasteiger partial charge in [-0.25, -0.2) is 0 Å². The summed E-state index contributed by atoms with van der Waals surface area (Å²) < 4.78 is 58.8. The van der Waals surface area contributed by atoms with E-state index in [4.69, 9.17) is 25.2 Å². The van der Waals surface area contributed by atoms with E-state index >= 15 is 0 Å². The van der Waals surface area contributed by atoms with E-state index in [1.165, 1.54) is 14.7 Å². The van der Waals surface area contributed by atoms with Gasteiger partial charge < -0.3 is 0 Å². The zero-order chi connectivity index (χ0) is 17.0. The Morgan fingerprint density at radius 3 is 2.23 bits per heavy atom. The highest BCUT2D eigenvalue weighted by Gasteiger charge is 2.44. The van der Waals surface area contributed by atoms with Crippen LogP contribution in [0.25, 0.3) is 5.57 Å². The summed E-state index contributed by atoms with van der Waals surface area (Å²) in [5.41, 5.74) is -3.08. The minimum absolute atomic E-state index is 0.895. The molecule has 1 aromatic rings. The molecule has 9 heteroatoms. The van der Waals surface area contributed by atoms with E-state index in [9.17, 15) is 13.2 Å². The normalized spacial score (nSPS) is 15.0. The molecule has 1 N–H and O–H groups in total. The van der Waals surface area contributed by atoms with Crippen LogP contribution >= 0.6 is 34.8 Å². The molecular formula is C13H10F3IO3S2. The summed E-state index contributed by atoms with van der Waals surface area (Å²) >= 11 is 7.69. The Hall–Kier alpha value is -0.780. The molecule has 0 fully saturated rings. The minimum Gasteiger partial charge on any atom is -0.279 e. The Balaban J connectivity index is 0.000000261. The van der Waals surface area contributed by atoms with Crippen LogP contribution in [0.15, 0.2) is 42.5 Å².